The van der Waals surface area contributed by atoms with Gasteiger partial charge in [-0.2, -0.15) is 0 Å². The molecule has 1 N–H and O–H groups in total. The molecule has 26 heavy (non-hydrogen) atoms. The van der Waals surface area contributed by atoms with Gasteiger partial charge in [0, 0.05) is 18.1 Å². The monoisotopic (exact) mass is 348 g/mol. The van der Waals surface area contributed by atoms with Gasteiger partial charge in [-0.05, 0) is 61.4 Å². The Morgan fingerprint density at radius 1 is 1.04 bits per heavy atom. The Balaban J connectivity index is 1.74. The molecule has 2 aromatic carbocycles. The number of amides is 1. The molecule has 1 amide bonds. The highest BCUT2D eigenvalue weighted by Crippen LogP contribution is 2.26. The number of aromatic nitrogens is 1. The van der Waals surface area contributed by atoms with Crippen molar-refractivity contribution < 1.29 is 9.53 Å². The molecule has 3 rings (SSSR count). The number of anilines is 1. The molecule has 0 aliphatic heterocycles. The van der Waals surface area contributed by atoms with Crippen LogP contribution in [0, 0.1) is 6.92 Å². The lowest BCUT2D eigenvalue weighted by atomic mass is 9.98. The highest BCUT2D eigenvalue weighted by molar-refractivity contribution is 5.91. The van der Waals surface area contributed by atoms with Crippen LogP contribution in [0.5, 0.6) is 5.75 Å². The van der Waals surface area contributed by atoms with Crippen LogP contribution in [-0.4, -0.2) is 17.1 Å². The molecule has 4 heteroatoms. The van der Waals surface area contributed by atoms with Crippen LogP contribution in [0.1, 0.15) is 30.5 Å². The van der Waals surface area contributed by atoms with Crippen molar-refractivity contribution in [1.82, 2.24) is 4.57 Å². The number of aryl methyl sites for hydroxylation is 1. The molecule has 0 aliphatic carbocycles. The van der Waals surface area contributed by atoms with Crippen molar-refractivity contribution in [1.29, 1.82) is 0 Å². The quantitative estimate of drug-likeness (QED) is 0.665. The number of benzene rings is 2. The Morgan fingerprint density at radius 2 is 1.73 bits per heavy atom. The lowest BCUT2D eigenvalue weighted by Crippen LogP contribution is -2.20. The number of nitrogens with zero attached hydrogens (tertiary/aromatic N) is 1. The van der Waals surface area contributed by atoms with Gasteiger partial charge in [-0.25, -0.2) is 0 Å². The number of ether oxygens (including phenoxy) is 1. The summed E-state index contributed by atoms with van der Waals surface area (Å²) in [6, 6.07) is 19.6. The molecule has 0 aliphatic rings. The highest BCUT2D eigenvalue weighted by atomic mass is 16.5. The van der Waals surface area contributed by atoms with E-state index in [0.29, 0.717) is 13.0 Å². The minimum atomic E-state index is -0.0334. The summed E-state index contributed by atoms with van der Waals surface area (Å²) < 4.78 is 7.52. The average molecular weight is 348 g/mol. The molecule has 134 valence electrons. The SMILES string of the molecule is CCOc1ccc(NC(=O)C[C@@H](c2ccccc2C)n2cccc2)cc1. The first-order valence-electron chi connectivity index (χ1n) is 8.88. The maximum atomic E-state index is 12.7. The van der Waals surface area contributed by atoms with E-state index in [-0.39, 0.29) is 11.9 Å². The first-order valence-corrected chi connectivity index (χ1v) is 8.88. The van der Waals surface area contributed by atoms with Gasteiger partial charge >= 0.3 is 0 Å². The van der Waals surface area contributed by atoms with E-state index in [4.69, 9.17) is 4.74 Å². The predicted molar refractivity (Wildman–Crippen MR) is 105 cm³/mol. The van der Waals surface area contributed by atoms with Crippen LogP contribution in [0.3, 0.4) is 0 Å². The van der Waals surface area contributed by atoms with Crippen molar-refractivity contribution in [2.24, 2.45) is 0 Å². The van der Waals surface area contributed by atoms with Crippen LogP contribution in [0.15, 0.2) is 73.1 Å². The van der Waals surface area contributed by atoms with E-state index in [2.05, 4.69) is 28.9 Å². The Bertz CT molecular complexity index is 839. The number of carbonyl (C=O) groups is 1. The van der Waals surface area contributed by atoms with Crippen LogP contribution in [0.25, 0.3) is 0 Å². The van der Waals surface area contributed by atoms with Crippen molar-refractivity contribution in [3.63, 3.8) is 0 Å². The van der Waals surface area contributed by atoms with Gasteiger partial charge in [-0.1, -0.05) is 24.3 Å². The summed E-state index contributed by atoms with van der Waals surface area (Å²) in [5.41, 5.74) is 3.11. The number of nitrogens with one attached hydrogen (secondary N) is 1. The van der Waals surface area contributed by atoms with Crippen molar-refractivity contribution >= 4 is 11.6 Å². The molecule has 0 fully saturated rings. The maximum absolute atomic E-state index is 12.7. The minimum Gasteiger partial charge on any atom is -0.494 e. The molecule has 0 bridgehead atoms. The van der Waals surface area contributed by atoms with Gasteiger partial charge in [0.15, 0.2) is 0 Å². The van der Waals surface area contributed by atoms with E-state index in [9.17, 15) is 4.79 Å². The Hall–Kier alpha value is -3.01. The molecule has 0 spiro atoms. The third-order valence-corrected chi connectivity index (χ3v) is 4.36. The smallest absolute Gasteiger partial charge is 0.226 e. The maximum Gasteiger partial charge on any atom is 0.226 e. The summed E-state index contributed by atoms with van der Waals surface area (Å²) in [6.45, 7) is 4.65. The second kappa shape index (κ2) is 8.39. The van der Waals surface area contributed by atoms with E-state index in [0.717, 1.165) is 17.0 Å². The fraction of sp³-hybridized carbons (Fsp3) is 0.227. The Labute approximate surface area is 154 Å². The van der Waals surface area contributed by atoms with Gasteiger partial charge in [0.25, 0.3) is 0 Å². The van der Waals surface area contributed by atoms with E-state index in [1.165, 1.54) is 5.56 Å². The highest BCUT2D eigenvalue weighted by Gasteiger charge is 2.19. The molecule has 3 aromatic rings. The normalized spacial score (nSPS) is 11.8. The van der Waals surface area contributed by atoms with Crippen molar-refractivity contribution in [2.45, 2.75) is 26.3 Å². The fourth-order valence-electron chi connectivity index (χ4n) is 3.08. The zero-order valence-corrected chi connectivity index (χ0v) is 15.2. The first-order chi connectivity index (χ1) is 12.7. The molecule has 1 atom stereocenters. The summed E-state index contributed by atoms with van der Waals surface area (Å²) in [7, 11) is 0. The molecule has 0 radical (unpaired) electrons. The summed E-state index contributed by atoms with van der Waals surface area (Å²) in [6.07, 6.45) is 4.37. The van der Waals surface area contributed by atoms with Gasteiger partial charge in [0.05, 0.1) is 19.1 Å². The predicted octanol–water partition coefficient (Wildman–Crippen LogP) is 4.81. The summed E-state index contributed by atoms with van der Waals surface area (Å²) in [5, 5.41) is 2.99. The van der Waals surface area contributed by atoms with Crippen LogP contribution >= 0.6 is 0 Å². The molecule has 0 unspecified atom stereocenters. The van der Waals surface area contributed by atoms with E-state index < -0.39 is 0 Å². The van der Waals surface area contributed by atoms with Crippen molar-refractivity contribution in [3.05, 3.63) is 84.2 Å². The standard InChI is InChI=1S/C22H24N2O2/c1-3-26-19-12-10-18(11-13-19)23-22(25)16-21(24-14-6-7-15-24)20-9-5-4-8-17(20)2/h4-15,21H,3,16H2,1-2H3,(H,23,25)/t21-/m0/s1. The third kappa shape index (κ3) is 4.33. The molecule has 0 saturated carbocycles. The zero-order valence-electron chi connectivity index (χ0n) is 15.2. The summed E-state index contributed by atoms with van der Waals surface area (Å²) in [5.74, 6) is 0.784. The second-order valence-electron chi connectivity index (χ2n) is 6.21. The molecule has 4 nitrogen and oxygen atoms in total. The van der Waals surface area contributed by atoms with Crippen molar-refractivity contribution in [3.8, 4) is 5.75 Å². The number of rotatable bonds is 7. The van der Waals surface area contributed by atoms with E-state index >= 15 is 0 Å². The minimum absolute atomic E-state index is 0.0175. The molecular weight excluding hydrogens is 324 g/mol. The molecule has 1 aromatic heterocycles. The van der Waals surface area contributed by atoms with Crippen LogP contribution in [0.2, 0.25) is 0 Å². The van der Waals surface area contributed by atoms with Gasteiger partial charge in [-0.3, -0.25) is 4.79 Å². The average Bonchev–Trinajstić information content (AvgIpc) is 3.17. The number of hydrogen-bond donors (Lipinski definition) is 1. The van der Waals surface area contributed by atoms with Gasteiger partial charge in [0.2, 0.25) is 5.91 Å². The largest absolute Gasteiger partial charge is 0.494 e. The Kier molecular flexibility index (Phi) is 5.74. The number of hydrogen-bond acceptors (Lipinski definition) is 2. The lowest BCUT2D eigenvalue weighted by Gasteiger charge is -2.21. The molecule has 0 saturated heterocycles. The first kappa shape index (κ1) is 17.8. The zero-order chi connectivity index (χ0) is 18.4. The fourth-order valence-corrected chi connectivity index (χ4v) is 3.08. The van der Waals surface area contributed by atoms with Crippen LogP contribution in [-0.2, 0) is 4.79 Å². The van der Waals surface area contributed by atoms with Crippen molar-refractivity contribution in [2.75, 3.05) is 11.9 Å². The van der Waals surface area contributed by atoms with Gasteiger partial charge in [0.1, 0.15) is 5.75 Å². The molecule has 1 heterocycles. The van der Waals surface area contributed by atoms with Gasteiger partial charge < -0.3 is 14.6 Å². The van der Waals surface area contributed by atoms with Gasteiger partial charge in [-0.15, -0.1) is 0 Å². The third-order valence-electron chi connectivity index (χ3n) is 4.36. The summed E-state index contributed by atoms with van der Waals surface area (Å²) >= 11 is 0. The van der Waals surface area contributed by atoms with E-state index in [1.807, 2.05) is 67.8 Å². The number of carbonyl (C=O) groups excluding carboxylic acids is 1. The van der Waals surface area contributed by atoms with Crippen LogP contribution in [0.4, 0.5) is 5.69 Å². The van der Waals surface area contributed by atoms with Crippen LogP contribution < -0.4 is 10.1 Å². The topological polar surface area (TPSA) is 43.3 Å². The second-order valence-corrected chi connectivity index (χ2v) is 6.21. The molecular formula is C22H24N2O2. The summed E-state index contributed by atoms with van der Waals surface area (Å²) in [4.78, 5) is 12.7. The van der Waals surface area contributed by atoms with E-state index in [1.54, 1.807) is 0 Å². The lowest BCUT2D eigenvalue weighted by molar-refractivity contribution is -0.116. The Morgan fingerprint density at radius 3 is 2.38 bits per heavy atom.